The van der Waals surface area contributed by atoms with E-state index in [1.807, 2.05) is 0 Å². The fourth-order valence-corrected chi connectivity index (χ4v) is 12.7. The molecular formula is C60H49BN4. The summed E-state index contributed by atoms with van der Waals surface area (Å²) in [5, 5.41) is 2.61. The van der Waals surface area contributed by atoms with Gasteiger partial charge < -0.3 is 13.9 Å². The highest BCUT2D eigenvalue weighted by Crippen LogP contribution is 2.56. The van der Waals surface area contributed by atoms with Gasteiger partial charge in [-0.2, -0.15) is 0 Å². The second kappa shape index (κ2) is 12.2. The normalized spacial score (nSPS) is 15.6. The van der Waals surface area contributed by atoms with Crippen LogP contribution in [0.4, 0.5) is 11.4 Å². The van der Waals surface area contributed by atoms with Crippen molar-refractivity contribution in [2.75, 3.05) is 4.81 Å². The molecule has 4 nitrogen and oxygen atoms in total. The summed E-state index contributed by atoms with van der Waals surface area (Å²) in [5.41, 5.74) is 26.7. The van der Waals surface area contributed by atoms with Crippen LogP contribution in [0.2, 0.25) is 0 Å². The highest BCUT2D eigenvalue weighted by molar-refractivity contribution is 6.93. The van der Waals surface area contributed by atoms with Crippen LogP contribution < -0.4 is 15.7 Å². The molecule has 0 saturated heterocycles. The second-order valence-corrected chi connectivity index (χ2v) is 21.3. The maximum absolute atomic E-state index is 5.45. The first-order chi connectivity index (χ1) is 31.3. The van der Waals surface area contributed by atoms with Crippen LogP contribution in [0.3, 0.4) is 0 Å². The van der Waals surface area contributed by atoms with Crippen LogP contribution in [0.1, 0.15) is 76.3 Å². The lowest BCUT2D eigenvalue weighted by Gasteiger charge is -2.42. The molecule has 0 atom stereocenters. The smallest absolute Gasteiger partial charge is 0.333 e. The molecule has 0 amide bonds. The number of benzene rings is 8. The Hall–Kier alpha value is -7.11. The lowest BCUT2D eigenvalue weighted by molar-refractivity contribution is 0.590. The minimum atomic E-state index is -0.148. The number of rotatable bonds is 2. The van der Waals surface area contributed by atoms with Crippen LogP contribution in [0.15, 0.2) is 152 Å². The van der Waals surface area contributed by atoms with Crippen LogP contribution in [-0.2, 0) is 23.3 Å². The molecule has 2 aliphatic heterocycles. The van der Waals surface area contributed by atoms with Gasteiger partial charge in [-0.15, -0.1) is 0 Å². The van der Waals surface area contributed by atoms with Crippen molar-refractivity contribution in [1.82, 2.24) is 14.1 Å². The minimum Gasteiger partial charge on any atom is -0.376 e. The van der Waals surface area contributed by atoms with Crippen molar-refractivity contribution < 1.29 is 0 Å². The van der Waals surface area contributed by atoms with Crippen molar-refractivity contribution in [2.45, 2.75) is 64.7 Å². The summed E-state index contributed by atoms with van der Waals surface area (Å²) in [6, 6.07) is 58.1. The summed E-state index contributed by atoms with van der Waals surface area (Å²) < 4.78 is 4.92. The third kappa shape index (κ3) is 4.66. The van der Waals surface area contributed by atoms with E-state index >= 15 is 0 Å². The Bertz CT molecular complexity index is 3760. The number of nitrogens with zero attached hydrogens (tertiary/aromatic N) is 4. The summed E-state index contributed by atoms with van der Waals surface area (Å²) >= 11 is 0. The van der Waals surface area contributed by atoms with Crippen LogP contribution in [0.25, 0.3) is 83.3 Å². The Labute approximate surface area is 380 Å². The van der Waals surface area contributed by atoms with Crippen LogP contribution >= 0.6 is 0 Å². The summed E-state index contributed by atoms with van der Waals surface area (Å²) in [6.45, 7) is 16.4. The van der Waals surface area contributed by atoms with E-state index in [0.717, 1.165) is 22.4 Å². The van der Waals surface area contributed by atoms with Gasteiger partial charge in [0.25, 0.3) is 0 Å². The summed E-state index contributed by atoms with van der Waals surface area (Å²) in [7, 11) is 2.18. The van der Waals surface area contributed by atoms with Crippen molar-refractivity contribution in [2.24, 2.45) is 7.05 Å². The van der Waals surface area contributed by atoms with Gasteiger partial charge in [-0.1, -0.05) is 152 Å². The number of aryl methyl sites for hydroxylation is 1. The monoisotopic (exact) mass is 836 g/mol. The number of fused-ring (bicyclic) bond motifs is 15. The van der Waals surface area contributed by atoms with Crippen LogP contribution in [0, 0.1) is 0 Å². The Kier molecular flexibility index (Phi) is 6.98. The molecule has 65 heavy (non-hydrogen) atoms. The zero-order chi connectivity index (χ0) is 44.1. The maximum atomic E-state index is 5.45. The quantitative estimate of drug-likeness (QED) is 0.162. The average Bonchev–Trinajstić information content (AvgIpc) is 3.96. The van der Waals surface area contributed by atoms with E-state index in [9.17, 15) is 0 Å². The van der Waals surface area contributed by atoms with E-state index < -0.39 is 0 Å². The highest BCUT2D eigenvalue weighted by atomic mass is 15.1. The largest absolute Gasteiger partial charge is 0.376 e. The van der Waals surface area contributed by atoms with E-state index in [4.69, 9.17) is 4.98 Å². The zero-order valence-corrected chi connectivity index (χ0v) is 38.3. The molecule has 0 N–H and O–H groups in total. The molecule has 4 heterocycles. The van der Waals surface area contributed by atoms with Crippen molar-refractivity contribution in [1.29, 1.82) is 0 Å². The zero-order valence-electron chi connectivity index (χ0n) is 38.3. The molecule has 0 bridgehead atoms. The van der Waals surface area contributed by atoms with Gasteiger partial charge in [-0.25, -0.2) is 4.98 Å². The molecule has 8 aromatic carbocycles. The van der Waals surface area contributed by atoms with E-state index in [2.05, 4.69) is 221 Å². The maximum Gasteiger partial charge on any atom is 0.333 e. The van der Waals surface area contributed by atoms with Gasteiger partial charge in [0.1, 0.15) is 5.82 Å². The summed E-state index contributed by atoms with van der Waals surface area (Å²) in [4.78, 5) is 8.14. The minimum absolute atomic E-state index is 0.0303. The lowest BCUT2D eigenvalue weighted by Crippen LogP contribution is -2.60. The van der Waals surface area contributed by atoms with Crippen molar-refractivity contribution in [3.05, 3.63) is 179 Å². The molecule has 312 valence electrons. The first kappa shape index (κ1) is 37.3. The molecule has 0 spiro atoms. The molecular weight excluding hydrogens is 787 g/mol. The predicted molar refractivity (Wildman–Crippen MR) is 273 cm³/mol. The number of hydrogen-bond acceptors (Lipinski definition) is 2. The molecule has 0 fully saturated rings. The van der Waals surface area contributed by atoms with Crippen LogP contribution in [0.5, 0.6) is 0 Å². The van der Waals surface area contributed by atoms with Crippen molar-refractivity contribution in [3.63, 3.8) is 0 Å². The Morgan fingerprint density at radius 3 is 1.86 bits per heavy atom. The molecule has 0 saturated carbocycles. The molecule has 10 aromatic rings. The van der Waals surface area contributed by atoms with Gasteiger partial charge >= 0.3 is 6.85 Å². The second-order valence-electron chi connectivity index (χ2n) is 21.3. The average molecular weight is 837 g/mol. The molecule has 14 rings (SSSR count). The van der Waals surface area contributed by atoms with Gasteiger partial charge in [0.15, 0.2) is 0 Å². The number of imidazole rings is 1. The van der Waals surface area contributed by atoms with Gasteiger partial charge in [0.05, 0.1) is 22.1 Å². The SMILES string of the molecule is Cn1c(-c2ccccc2)nc2cc3c(cc21)-n1c2cc4c(cc2c2ccc5c(c21)B3N(c1ccc(C(C)(C)C)cc1)c1cc2c(cc1-5)-c1ccccc1C2(C)C)C(C)(C)c1ccccc1-4. The molecule has 0 unspecified atom stereocenters. The first-order valence-electron chi connectivity index (χ1n) is 23.3. The van der Waals surface area contributed by atoms with Gasteiger partial charge in [0.2, 0.25) is 0 Å². The highest BCUT2D eigenvalue weighted by Gasteiger charge is 2.47. The van der Waals surface area contributed by atoms with E-state index in [-0.39, 0.29) is 23.1 Å². The molecule has 5 heteroatoms. The lowest BCUT2D eigenvalue weighted by atomic mass is 9.44. The van der Waals surface area contributed by atoms with Gasteiger partial charge in [-0.05, 0) is 121 Å². The van der Waals surface area contributed by atoms with E-state index in [1.165, 1.54) is 111 Å². The van der Waals surface area contributed by atoms with Gasteiger partial charge in [-0.3, -0.25) is 0 Å². The van der Waals surface area contributed by atoms with E-state index in [1.54, 1.807) is 0 Å². The molecule has 2 aromatic heterocycles. The van der Waals surface area contributed by atoms with Crippen LogP contribution in [-0.4, -0.2) is 21.0 Å². The predicted octanol–water partition coefficient (Wildman–Crippen LogP) is 13.5. The topological polar surface area (TPSA) is 26.0 Å². The summed E-state index contributed by atoms with van der Waals surface area (Å²) in [5.74, 6) is 0.973. The van der Waals surface area contributed by atoms with Crippen molar-refractivity contribution in [3.8, 4) is 50.5 Å². The number of hydrogen-bond donors (Lipinski definition) is 0. The molecule has 2 aliphatic carbocycles. The Balaban J connectivity index is 1.14. The summed E-state index contributed by atoms with van der Waals surface area (Å²) in [6.07, 6.45) is 0. The van der Waals surface area contributed by atoms with Gasteiger partial charge in [0, 0.05) is 56.8 Å². The van der Waals surface area contributed by atoms with E-state index in [0.29, 0.717) is 0 Å². The Morgan fingerprint density at radius 2 is 1.17 bits per heavy atom. The standard InChI is InChI=1S/C60H49BN4/c1-58(2,3)35-22-24-36(25-23-35)65-52-31-48-41(37-18-12-14-20-45(37)60(48,6)7)28-43(52)39-26-27-40-44-29-47-42(38-19-13-15-21-46(38)59(47,4)5)30-51(44)64-53-33-54-50(32-49(53)61(65)55(39)56(40)64)62-57(63(54)8)34-16-10-9-11-17-34/h9-33H,1-8H3. The first-order valence-corrected chi connectivity index (χ1v) is 23.3. The number of aromatic nitrogens is 3. The molecule has 4 aliphatic rings. The van der Waals surface area contributed by atoms with Crippen molar-refractivity contribution >= 4 is 62.0 Å². The third-order valence-corrected chi connectivity index (χ3v) is 16.1. The fraction of sp³-hybridized carbons (Fsp3) is 0.183. The Morgan fingerprint density at radius 1 is 0.523 bits per heavy atom. The number of anilines is 2. The molecule has 0 radical (unpaired) electrons. The third-order valence-electron chi connectivity index (χ3n) is 16.1. The fourth-order valence-electron chi connectivity index (χ4n) is 12.7.